The lowest BCUT2D eigenvalue weighted by molar-refractivity contribution is -0.126. The number of sulfone groups is 1. The van der Waals surface area contributed by atoms with E-state index in [9.17, 15) is 28.1 Å². The second-order valence-electron chi connectivity index (χ2n) is 8.97. The van der Waals surface area contributed by atoms with Crippen LogP contribution in [-0.4, -0.2) is 79.8 Å². The van der Waals surface area contributed by atoms with Gasteiger partial charge >= 0.3 is 0 Å². The summed E-state index contributed by atoms with van der Waals surface area (Å²) < 4.78 is 29.9. The van der Waals surface area contributed by atoms with Crippen molar-refractivity contribution in [2.24, 2.45) is 5.92 Å². The number of aromatic nitrogens is 1. The summed E-state index contributed by atoms with van der Waals surface area (Å²) in [6.07, 6.45) is 1.71. The maximum atomic E-state index is 13.4. The topological polar surface area (TPSA) is 161 Å². The molecule has 186 valence electrons. The van der Waals surface area contributed by atoms with E-state index in [-0.39, 0.29) is 36.9 Å². The van der Waals surface area contributed by atoms with Gasteiger partial charge in [-0.2, -0.15) is 5.26 Å². The molecule has 4 atom stereocenters. The molecule has 35 heavy (non-hydrogen) atoms. The number of H-pyrrole nitrogens is 1. The Labute approximate surface area is 202 Å². The number of hydrogen-bond acceptors (Lipinski definition) is 7. The molecule has 0 spiro atoms. The number of hydrogen-bond donors (Lipinski definition) is 3. The third-order valence-corrected chi connectivity index (χ3v) is 8.21. The van der Waals surface area contributed by atoms with Gasteiger partial charge in [-0.1, -0.05) is 6.07 Å². The van der Waals surface area contributed by atoms with Crippen LogP contribution in [0.5, 0.6) is 5.75 Å². The molecule has 1 aromatic carbocycles. The smallest absolute Gasteiger partial charge is 0.271 e. The Bertz CT molecular complexity index is 1310. The monoisotopic (exact) mass is 501 g/mol. The van der Waals surface area contributed by atoms with Crippen molar-refractivity contribution in [3.63, 3.8) is 0 Å². The molecule has 2 aliphatic rings. The molecular weight excluding hydrogens is 474 g/mol. The lowest BCUT2D eigenvalue weighted by Crippen LogP contribution is -2.49. The average Bonchev–Trinajstić information content (AvgIpc) is 3.55. The lowest BCUT2D eigenvalue weighted by atomic mass is 9.99. The summed E-state index contributed by atoms with van der Waals surface area (Å²) in [5.41, 5.74) is 0.850. The van der Waals surface area contributed by atoms with E-state index in [0.29, 0.717) is 29.6 Å². The van der Waals surface area contributed by atoms with E-state index in [2.05, 4.69) is 15.6 Å². The van der Waals surface area contributed by atoms with Gasteiger partial charge in [-0.3, -0.25) is 14.4 Å². The van der Waals surface area contributed by atoms with Gasteiger partial charge in [0, 0.05) is 36.2 Å². The molecule has 12 heteroatoms. The van der Waals surface area contributed by atoms with E-state index >= 15 is 0 Å². The van der Waals surface area contributed by atoms with Crippen LogP contribution in [-0.2, 0) is 19.4 Å². The number of fused-ring (bicyclic) bond motifs is 1. The van der Waals surface area contributed by atoms with Crippen molar-refractivity contribution in [2.75, 3.05) is 26.5 Å². The first-order chi connectivity index (χ1) is 16.6. The molecule has 3 amide bonds. The molecule has 11 nitrogen and oxygen atoms in total. The second kappa shape index (κ2) is 9.58. The fraction of sp³-hybridized carbons (Fsp3) is 0.478. The fourth-order valence-corrected chi connectivity index (χ4v) is 5.69. The van der Waals surface area contributed by atoms with Gasteiger partial charge < -0.3 is 25.3 Å². The third kappa shape index (κ3) is 4.95. The standard InChI is InChI=1S/C23H27N5O6S/c1-34-20-5-3-4-17-16(20)10-18(27-17)23(31)28-12-15(35(2,32)33)9-19(28)22(30)26-14(11-24)8-13-6-7-25-21(13)29/h3-5,10,13-15,19,27H,6-9,12H2,1-2H3,(H,25,29)(H,26,30)/t13-,14-,15?,19?/m0/s1. The quantitative estimate of drug-likeness (QED) is 0.493. The minimum atomic E-state index is -3.53. The van der Waals surface area contributed by atoms with E-state index in [1.165, 1.54) is 12.0 Å². The van der Waals surface area contributed by atoms with Crippen molar-refractivity contribution in [2.45, 2.75) is 36.6 Å². The number of nitrogens with zero attached hydrogens (tertiary/aromatic N) is 2. The molecule has 0 saturated carbocycles. The number of methoxy groups -OCH3 is 1. The summed E-state index contributed by atoms with van der Waals surface area (Å²) in [5, 5.41) is 14.6. The first-order valence-electron chi connectivity index (χ1n) is 11.3. The maximum Gasteiger partial charge on any atom is 0.271 e. The number of benzene rings is 1. The highest BCUT2D eigenvalue weighted by molar-refractivity contribution is 7.91. The first kappa shape index (κ1) is 24.5. The number of nitriles is 1. The summed E-state index contributed by atoms with van der Waals surface area (Å²) in [5.74, 6) is -1.13. The molecule has 2 aliphatic heterocycles. The van der Waals surface area contributed by atoms with Crippen LogP contribution in [0.25, 0.3) is 10.9 Å². The fourth-order valence-electron chi connectivity index (χ4n) is 4.72. The van der Waals surface area contributed by atoms with Crippen LogP contribution in [0, 0.1) is 17.2 Å². The molecular formula is C23H27N5O6S. The minimum Gasteiger partial charge on any atom is -0.496 e. The summed E-state index contributed by atoms with van der Waals surface area (Å²) in [4.78, 5) is 42.7. The maximum absolute atomic E-state index is 13.4. The zero-order valence-corrected chi connectivity index (χ0v) is 20.2. The van der Waals surface area contributed by atoms with E-state index < -0.39 is 39.0 Å². The van der Waals surface area contributed by atoms with Gasteiger partial charge in [0.25, 0.3) is 5.91 Å². The van der Waals surface area contributed by atoms with Crippen molar-refractivity contribution < 1.29 is 27.5 Å². The molecule has 0 aliphatic carbocycles. The third-order valence-electron chi connectivity index (χ3n) is 6.66. The number of amides is 3. The molecule has 3 N–H and O–H groups in total. The summed E-state index contributed by atoms with van der Waals surface area (Å²) in [6.45, 7) is 0.371. The van der Waals surface area contributed by atoms with Crippen molar-refractivity contribution in [1.82, 2.24) is 20.5 Å². The van der Waals surface area contributed by atoms with Crippen LogP contribution >= 0.6 is 0 Å². The highest BCUT2D eigenvalue weighted by atomic mass is 32.2. The number of nitrogens with one attached hydrogen (secondary N) is 3. The average molecular weight is 502 g/mol. The molecule has 2 aromatic rings. The Morgan fingerprint density at radius 1 is 1.37 bits per heavy atom. The van der Waals surface area contributed by atoms with Gasteiger partial charge in [0.1, 0.15) is 23.5 Å². The van der Waals surface area contributed by atoms with Crippen molar-refractivity contribution >= 4 is 38.5 Å². The van der Waals surface area contributed by atoms with Crippen LogP contribution in [0.1, 0.15) is 29.8 Å². The van der Waals surface area contributed by atoms with Gasteiger partial charge in [-0.15, -0.1) is 0 Å². The van der Waals surface area contributed by atoms with E-state index in [1.807, 2.05) is 6.07 Å². The summed E-state index contributed by atoms with van der Waals surface area (Å²) >= 11 is 0. The number of aromatic amines is 1. The van der Waals surface area contributed by atoms with Crippen LogP contribution in [0.4, 0.5) is 0 Å². The highest BCUT2D eigenvalue weighted by Crippen LogP contribution is 2.29. The number of carbonyl (C=O) groups is 3. The SMILES string of the molecule is COc1cccc2[nH]c(C(=O)N3CC(S(C)(=O)=O)CC3C(=O)N[C@H](C#N)C[C@@H]3CCNC3=O)cc12. The van der Waals surface area contributed by atoms with Crippen LogP contribution in [0.2, 0.25) is 0 Å². The first-order valence-corrected chi connectivity index (χ1v) is 13.2. The number of ether oxygens (including phenoxy) is 1. The van der Waals surface area contributed by atoms with Gasteiger partial charge in [-0.05, 0) is 37.5 Å². The van der Waals surface area contributed by atoms with Crippen molar-refractivity contribution in [3.8, 4) is 11.8 Å². The number of likely N-dealkylation sites (tertiary alicyclic amines) is 1. The van der Waals surface area contributed by atoms with Crippen LogP contribution in [0.15, 0.2) is 24.3 Å². The molecule has 4 rings (SSSR count). The Morgan fingerprint density at radius 2 is 2.14 bits per heavy atom. The molecule has 0 bridgehead atoms. The molecule has 2 saturated heterocycles. The van der Waals surface area contributed by atoms with Crippen molar-refractivity contribution in [3.05, 3.63) is 30.0 Å². The molecule has 2 fully saturated rings. The van der Waals surface area contributed by atoms with Gasteiger partial charge in [0.15, 0.2) is 9.84 Å². The largest absolute Gasteiger partial charge is 0.496 e. The Balaban J connectivity index is 1.58. The molecule has 0 radical (unpaired) electrons. The zero-order valence-electron chi connectivity index (χ0n) is 19.4. The van der Waals surface area contributed by atoms with E-state index in [1.54, 1.807) is 24.3 Å². The Kier molecular flexibility index (Phi) is 6.71. The molecule has 2 unspecified atom stereocenters. The second-order valence-corrected chi connectivity index (χ2v) is 11.3. The normalized spacial score (nSPS) is 23.1. The Hall–Kier alpha value is -3.59. The zero-order chi connectivity index (χ0) is 25.3. The summed E-state index contributed by atoms with van der Waals surface area (Å²) in [7, 11) is -2.02. The van der Waals surface area contributed by atoms with Crippen LogP contribution in [0.3, 0.4) is 0 Å². The van der Waals surface area contributed by atoms with E-state index in [4.69, 9.17) is 4.74 Å². The molecule has 3 heterocycles. The number of rotatable bonds is 7. The predicted octanol–water partition coefficient (Wildman–Crippen LogP) is 0.339. The Morgan fingerprint density at radius 3 is 2.77 bits per heavy atom. The summed E-state index contributed by atoms with van der Waals surface area (Å²) in [6, 6.07) is 6.88. The molecule has 1 aromatic heterocycles. The lowest BCUT2D eigenvalue weighted by Gasteiger charge is -2.24. The van der Waals surface area contributed by atoms with Gasteiger partial charge in [0.05, 0.1) is 18.4 Å². The van der Waals surface area contributed by atoms with Gasteiger partial charge in [0.2, 0.25) is 11.8 Å². The highest BCUT2D eigenvalue weighted by Gasteiger charge is 2.44. The van der Waals surface area contributed by atoms with Gasteiger partial charge in [-0.25, -0.2) is 8.42 Å². The van der Waals surface area contributed by atoms with Crippen molar-refractivity contribution in [1.29, 1.82) is 5.26 Å². The predicted molar refractivity (Wildman–Crippen MR) is 126 cm³/mol. The van der Waals surface area contributed by atoms with Crippen LogP contribution < -0.4 is 15.4 Å². The minimum absolute atomic E-state index is 0.0813. The van der Waals surface area contributed by atoms with E-state index in [0.717, 1.165) is 6.26 Å². The number of carbonyl (C=O) groups excluding carboxylic acids is 3.